The molecule has 3 rings (SSSR count). The number of amides is 1. The molecule has 5 nitrogen and oxygen atoms in total. The lowest BCUT2D eigenvalue weighted by atomic mass is 9.95. The van der Waals surface area contributed by atoms with Gasteiger partial charge in [-0.05, 0) is 18.6 Å². The zero-order chi connectivity index (χ0) is 14.8. The molecular weight excluding hydrogens is 284 g/mol. The Kier molecular flexibility index (Phi) is 4.54. The first kappa shape index (κ1) is 14.9. The number of aromatic nitrogens is 2. The van der Waals surface area contributed by atoms with Crippen LogP contribution in [0.4, 0.5) is 0 Å². The van der Waals surface area contributed by atoms with Crippen LogP contribution in [0.1, 0.15) is 30.9 Å². The highest BCUT2D eigenvalue weighted by molar-refractivity contribution is 7.99. The topological polar surface area (TPSA) is 50.2 Å². The predicted octanol–water partition coefficient (Wildman–Crippen LogP) is 1.42. The Morgan fingerprint density at radius 3 is 3.00 bits per heavy atom. The average Bonchev–Trinajstić information content (AvgIpc) is 3.02. The van der Waals surface area contributed by atoms with Gasteiger partial charge in [-0.3, -0.25) is 9.48 Å². The molecule has 2 fully saturated rings. The third kappa shape index (κ3) is 3.26. The molecule has 2 saturated heterocycles. The molecule has 21 heavy (non-hydrogen) atoms. The standard InChI is InChI=1S/C15H24N4OS/c1-18-9-12(8-17-18)15-11(6-14(20)19(15)2)7-16-13-4-3-5-21-10-13/h8-9,11,13,15-16H,3-7,10H2,1-2H3/t11-,13-,15+/m0/s1. The number of aryl methyl sites for hydroxylation is 1. The van der Waals surface area contributed by atoms with Gasteiger partial charge in [0.15, 0.2) is 0 Å². The summed E-state index contributed by atoms with van der Waals surface area (Å²) in [5, 5.41) is 7.94. The Hall–Kier alpha value is -1.01. The van der Waals surface area contributed by atoms with E-state index in [1.807, 2.05) is 47.8 Å². The highest BCUT2D eigenvalue weighted by Crippen LogP contribution is 2.36. The van der Waals surface area contributed by atoms with Crippen LogP contribution in [-0.4, -0.2) is 51.7 Å². The largest absolute Gasteiger partial charge is 0.338 e. The molecule has 2 aliphatic heterocycles. The Morgan fingerprint density at radius 2 is 2.33 bits per heavy atom. The third-order valence-electron chi connectivity index (χ3n) is 4.59. The molecule has 0 aromatic carbocycles. The third-order valence-corrected chi connectivity index (χ3v) is 5.80. The van der Waals surface area contributed by atoms with Crippen LogP contribution in [0.25, 0.3) is 0 Å². The van der Waals surface area contributed by atoms with Crippen LogP contribution >= 0.6 is 11.8 Å². The number of likely N-dealkylation sites (tertiary alicyclic amines) is 1. The quantitative estimate of drug-likeness (QED) is 0.914. The number of thioether (sulfide) groups is 1. The molecule has 0 radical (unpaired) electrons. The highest BCUT2D eigenvalue weighted by atomic mass is 32.2. The summed E-state index contributed by atoms with van der Waals surface area (Å²) in [6.07, 6.45) is 7.13. The summed E-state index contributed by atoms with van der Waals surface area (Å²) in [5.41, 5.74) is 1.15. The van der Waals surface area contributed by atoms with Gasteiger partial charge in [-0.25, -0.2) is 0 Å². The zero-order valence-electron chi connectivity index (χ0n) is 12.8. The first-order chi connectivity index (χ1) is 10.1. The molecule has 1 aromatic rings. The summed E-state index contributed by atoms with van der Waals surface area (Å²) in [6, 6.07) is 0.772. The lowest BCUT2D eigenvalue weighted by molar-refractivity contribution is -0.127. The van der Waals surface area contributed by atoms with Gasteiger partial charge in [0.1, 0.15) is 0 Å². The molecule has 3 atom stereocenters. The minimum Gasteiger partial charge on any atom is -0.338 e. The van der Waals surface area contributed by atoms with Crippen molar-refractivity contribution < 1.29 is 4.79 Å². The summed E-state index contributed by atoms with van der Waals surface area (Å²) in [4.78, 5) is 14.0. The van der Waals surface area contributed by atoms with Gasteiger partial charge in [-0.15, -0.1) is 0 Å². The van der Waals surface area contributed by atoms with Crippen molar-refractivity contribution in [1.29, 1.82) is 0 Å². The first-order valence-corrected chi connectivity index (χ1v) is 8.86. The Balaban J connectivity index is 1.65. The normalized spacial score (nSPS) is 30.1. The van der Waals surface area contributed by atoms with E-state index < -0.39 is 0 Å². The van der Waals surface area contributed by atoms with Crippen molar-refractivity contribution in [3.63, 3.8) is 0 Å². The lowest BCUT2D eigenvalue weighted by Gasteiger charge is -2.27. The molecule has 0 unspecified atom stereocenters. The summed E-state index contributed by atoms with van der Waals surface area (Å²) in [5.74, 6) is 3.09. The Labute approximate surface area is 130 Å². The number of carbonyl (C=O) groups excluding carboxylic acids is 1. The second-order valence-corrected chi connectivity index (χ2v) is 7.33. The van der Waals surface area contributed by atoms with Crippen molar-refractivity contribution >= 4 is 17.7 Å². The van der Waals surface area contributed by atoms with Crippen molar-refractivity contribution in [2.24, 2.45) is 13.0 Å². The molecule has 116 valence electrons. The van der Waals surface area contributed by atoms with Crippen molar-refractivity contribution in [1.82, 2.24) is 20.0 Å². The van der Waals surface area contributed by atoms with Crippen molar-refractivity contribution in [2.45, 2.75) is 31.3 Å². The van der Waals surface area contributed by atoms with E-state index >= 15 is 0 Å². The van der Waals surface area contributed by atoms with Crippen molar-refractivity contribution in [3.8, 4) is 0 Å². The van der Waals surface area contributed by atoms with Gasteiger partial charge in [0.05, 0.1) is 12.2 Å². The van der Waals surface area contributed by atoms with E-state index in [9.17, 15) is 4.79 Å². The predicted molar refractivity (Wildman–Crippen MR) is 85.2 cm³/mol. The molecule has 1 amide bonds. The van der Waals surface area contributed by atoms with Gasteiger partial charge >= 0.3 is 0 Å². The minimum absolute atomic E-state index is 0.162. The number of rotatable bonds is 4. The summed E-state index contributed by atoms with van der Waals surface area (Å²) in [7, 11) is 3.84. The molecule has 1 N–H and O–H groups in total. The summed E-state index contributed by atoms with van der Waals surface area (Å²) < 4.78 is 1.81. The molecule has 0 bridgehead atoms. The number of hydrogen-bond acceptors (Lipinski definition) is 4. The monoisotopic (exact) mass is 308 g/mol. The maximum atomic E-state index is 12.1. The summed E-state index contributed by atoms with van der Waals surface area (Å²) >= 11 is 2.03. The smallest absolute Gasteiger partial charge is 0.223 e. The van der Waals surface area contributed by atoms with Crippen LogP contribution in [0, 0.1) is 5.92 Å². The van der Waals surface area contributed by atoms with Gasteiger partial charge in [0.2, 0.25) is 5.91 Å². The molecule has 1 aromatic heterocycles. The maximum Gasteiger partial charge on any atom is 0.223 e. The van der Waals surface area contributed by atoms with Gasteiger partial charge in [-0.2, -0.15) is 16.9 Å². The van der Waals surface area contributed by atoms with Crippen molar-refractivity contribution in [3.05, 3.63) is 18.0 Å². The van der Waals surface area contributed by atoms with E-state index in [1.54, 1.807) is 0 Å². The van der Waals surface area contributed by atoms with Gasteiger partial charge in [0.25, 0.3) is 0 Å². The van der Waals surface area contributed by atoms with E-state index in [0.717, 1.165) is 12.1 Å². The number of nitrogens with zero attached hydrogens (tertiary/aromatic N) is 3. The fourth-order valence-corrected chi connectivity index (χ4v) is 4.55. The van der Waals surface area contributed by atoms with Crippen LogP contribution in [0.5, 0.6) is 0 Å². The highest BCUT2D eigenvalue weighted by Gasteiger charge is 2.39. The lowest BCUT2D eigenvalue weighted by Crippen LogP contribution is -2.38. The molecule has 0 aliphatic carbocycles. The van der Waals surface area contributed by atoms with Gasteiger partial charge < -0.3 is 10.2 Å². The molecule has 0 spiro atoms. The molecule has 0 saturated carbocycles. The molecule has 3 heterocycles. The van der Waals surface area contributed by atoms with Crippen LogP contribution in [-0.2, 0) is 11.8 Å². The number of hydrogen-bond donors (Lipinski definition) is 1. The van der Waals surface area contributed by atoms with Gasteiger partial charge in [0, 0.05) is 56.5 Å². The van der Waals surface area contributed by atoms with Crippen LogP contribution in [0.15, 0.2) is 12.4 Å². The van der Waals surface area contributed by atoms with Crippen LogP contribution < -0.4 is 5.32 Å². The van der Waals surface area contributed by atoms with Gasteiger partial charge in [-0.1, -0.05) is 0 Å². The number of nitrogens with one attached hydrogen (secondary N) is 1. The fourth-order valence-electron chi connectivity index (χ4n) is 3.44. The molecule has 6 heteroatoms. The van der Waals surface area contributed by atoms with E-state index in [-0.39, 0.29) is 11.9 Å². The molecule has 2 aliphatic rings. The van der Waals surface area contributed by atoms with E-state index in [1.165, 1.54) is 24.3 Å². The molecular formula is C15H24N4OS. The maximum absolute atomic E-state index is 12.1. The second-order valence-electron chi connectivity index (χ2n) is 6.18. The van der Waals surface area contributed by atoms with Crippen LogP contribution in [0.3, 0.4) is 0 Å². The summed E-state index contributed by atoms with van der Waals surface area (Å²) in [6.45, 7) is 0.918. The van der Waals surface area contributed by atoms with Crippen LogP contribution in [0.2, 0.25) is 0 Å². The fraction of sp³-hybridized carbons (Fsp3) is 0.733. The SMILES string of the molecule is CN1C(=O)C[C@@H](CN[C@H]2CCCSC2)[C@@H]1c1cnn(C)c1. The van der Waals surface area contributed by atoms with E-state index in [0.29, 0.717) is 18.4 Å². The van der Waals surface area contributed by atoms with Crippen molar-refractivity contribution in [2.75, 3.05) is 25.1 Å². The van der Waals surface area contributed by atoms with E-state index in [2.05, 4.69) is 10.4 Å². The minimum atomic E-state index is 0.162. The Bertz CT molecular complexity index is 498. The zero-order valence-corrected chi connectivity index (χ0v) is 13.6. The number of carbonyl (C=O) groups is 1. The first-order valence-electron chi connectivity index (χ1n) is 7.70. The average molecular weight is 308 g/mol. The second kappa shape index (κ2) is 6.40. The Morgan fingerprint density at radius 1 is 1.48 bits per heavy atom. The van der Waals surface area contributed by atoms with E-state index in [4.69, 9.17) is 0 Å².